The molecule has 0 aromatic rings. The van der Waals surface area contributed by atoms with Gasteiger partial charge in [0, 0.05) is 11.8 Å². The number of hydrogen-bond donors (Lipinski definition) is 1. The van der Waals surface area contributed by atoms with Crippen molar-refractivity contribution in [3.63, 3.8) is 0 Å². The van der Waals surface area contributed by atoms with E-state index in [1.54, 1.807) is 0 Å². The van der Waals surface area contributed by atoms with Crippen LogP contribution in [-0.4, -0.2) is 17.0 Å². The first kappa shape index (κ1) is 13.8. The molecule has 2 nitrogen and oxygen atoms in total. The molecule has 4 atom stereocenters. The van der Waals surface area contributed by atoms with Gasteiger partial charge in [0.25, 0.3) is 0 Å². The fourth-order valence-electron chi connectivity index (χ4n) is 4.14. The number of rotatable bonds is 2. The minimum Gasteiger partial charge on any atom is -0.393 e. The van der Waals surface area contributed by atoms with Gasteiger partial charge < -0.3 is 5.11 Å². The highest BCUT2D eigenvalue weighted by Crippen LogP contribution is 2.59. The summed E-state index contributed by atoms with van der Waals surface area (Å²) in [6, 6.07) is 0. The van der Waals surface area contributed by atoms with E-state index in [4.69, 9.17) is 0 Å². The zero-order chi connectivity index (χ0) is 13.6. The number of hydrogen-bond acceptors (Lipinski definition) is 2. The van der Waals surface area contributed by atoms with Gasteiger partial charge in [-0.3, -0.25) is 4.79 Å². The SMILES string of the molecule is CC(C)=CC[C@]1(C)C(=O)CC[C@@]2(C)[C@H](O)CC[C@H]21. The average molecular weight is 250 g/mol. The summed E-state index contributed by atoms with van der Waals surface area (Å²) in [6.07, 6.45) is 6.16. The lowest BCUT2D eigenvalue weighted by atomic mass is 9.55. The maximum absolute atomic E-state index is 12.4. The number of carbonyl (C=O) groups is 1. The molecule has 0 spiro atoms. The first-order chi connectivity index (χ1) is 8.30. The van der Waals surface area contributed by atoms with Crippen molar-refractivity contribution in [1.29, 1.82) is 0 Å². The minimum atomic E-state index is -0.262. The van der Waals surface area contributed by atoms with E-state index in [-0.39, 0.29) is 16.9 Å². The van der Waals surface area contributed by atoms with Crippen molar-refractivity contribution in [1.82, 2.24) is 0 Å². The fourth-order valence-corrected chi connectivity index (χ4v) is 4.14. The van der Waals surface area contributed by atoms with Gasteiger partial charge in [0.05, 0.1) is 6.10 Å². The number of Topliss-reactive ketones (excluding diaryl/α,β-unsaturated/α-hetero) is 1. The smallest absolute Gasteiger partial charge is 0.139 e. The molecule has 0 aliphatic heterocycles. The zero-order valence-corrected chi connectivity index (χ0v) is 12.1. The Morgan fingerprint density at radius 2 is 2.06 bits per heavy atom. The van der Waals surface area contributed by atoms with Gasteiger partial charge in [-0.2, -0.15) is 0 Å². The van der Waals surface area contributed by atoms with E-state index in [0.29, 0.717) is 18.1 Å². The van der Waals surface area contributed by atoms with Crippen molar-refractivity contribution in [2.75, 3.05) is 0 Å². The Hall–Kier alpha value is -0.630. The van der Waals surface area contributed by atoms with Crippen LogP contribution >= 0.6 is 0 Å². The molecule has 2 fully saturated rings. The Morgan fingerprint density at radius 1 is 1.39 bits per heavy atom. The monoisotopic (exact) mass is 250 g/mol. The van der Waals surface area contributed by atoms with Gasteiger partial charge in [-0.25, -0.2) is 0 Å². The largest absolute Gasteiger partial charge is 0.393 e. The third kappa shape index (κ3) is 1.95. The van der Waals surface area contributed by atoms with Crippen molar-refractivity contribution in [3.05, 3.63) is 11.6 Å². The predicted molar refractivity (Wildman–Crippen MR) is 73.2 cm³/mol. The quantitative estimate of drug-likeness (QED) is 0.762. The summed E-state index contributed by atoms with van der Waals surface area (Å²) in [6.45, 7) is 8.47. The minimum absolute atomic E-state index is 0.0435. The molecule has 2 rings (SSSR count). The Labute approximate surface area is 110 Å². The van der Waals surface area contributed by atoms with Crippen molar-refractivity contribution >= 4 is 5.78 Å². The lowest BCUT2D eigenvalue weighted by molar-refractivity contribution is -0.142. The van der Waals surface area contributed by atoms with Gasteiger partial charge >= 0.3 is 0 Å². The van der Waals surface area contributed by atoms with E-state index in [9.17, 15) is 9.90 Å². The van der Waals surface area contributed by atoms with Crippen LogP contribution in [0, 0.1) is 16.7 Å². The highest BCUT2D eigenvalue weighted by atomic mass is 16.3. The molecule has 0 bridgehead atoms. The number of aliphatic hydroxyl groups excluding tert-OH is 1. The van der Waals surface area contributed by atoms with E-state index in [1.165, 1.54) is 5.57 Å². The van der Waals surface area contributed by atoms with Crippen LogP contribution in [0.2, 0.25) is 0 Å². The summed E-state index contributed by atoms with van der Waals surface area (Å²) in [5.41, 5.74) is 0.967. The Bertz CT molecular complexity index is 381. The molecular weight excluding hydrogens is 224 g/mol. The molecule has 2 heteroatoms. The first-order valence-electron chi connectivity index (χ1n) is 7.15. The van der Waals surface area contributed by atoms with E-state index in [1.807, 2.05) is 0 Å². The van der Waals surface area contributed by atoms with E-state index in [0.717, 1.165) is 25.7 Å². The van der Waals surface area contributed by atoms with Crippen LogP contribution in [0.4, 0.5) is 0 Å². The molecule has 102 valence electrons. The molecule has 0 aromatic carbocycles. The summed E-state index contributed by atoms with van der Waals surface area (Å²) >= 11 is 0. The Morgan fingerprint density at radius 3 is 2.67 bits per heavy atom. The third-order valence-electron chi connectivity index (χ3n) is 5.52. The van der Waals surface area contributed by atoms with Gasteiger partial charge in [0.1, 0.15) is 5.78 Å². The van der Waals surface area contributed by atoms with Gasteiger partial charge in [0.2, 0.25) is 0 Å². The second kappa shape index (κ2) is 4.48. The van der Waals surface area contributed by atoms with Gasteiger partial charge in [-0.1, -0.05) is 25.5 Å². The van der Waals surface area contributed by atoms with Crippen LogP contribution in [0.25, 0.3) is 0 Å². The lowest BCUT2D eigenvalue weighted by Gasteiger charge is -2.48. The number of ketones is 1. The highest BCUT2D eigenvalue weighted by Gasteiger charge is 2.58. The normalized spacial score (nSPS) is 43.7. The number of fused-ring (bicyclic) bond motifs is 1. The number of allylic oxidation sites excluding steroid dienone is 2. The molecule has 0 unspecified atom stereocenters. The molecule has 1 N–H and O–H groups in total. The van der Waals surface area contributed by atoms with E-state index < -0.39 is 0 Å². The summed E-state index contributed by atoms with van der Waals surface area (Å²) in [7, 11) is 0. The van der Waals surface area contributed by atoms with Crippen LogP contribution < -0.4 is 0 Å². The summed E-state index contributed by atoms with van der Waals surface area (Å²) in [4.78, 5) is 12.4. The van der Waals surface area contributed by atoms with Gasteiger partial charge in [-0.05, 0) is 50.9 Å². The second-order valence-corrected chi connectivity index (χ2v) is 6.98. The average Bonchev–Trinajstić information content (AvgIpc) is 2.60. The highest BCUT2D eigenvalue weighted by molar-refractivity contribution is 5.86. The molecule has 0 heterocycles. The van der Waals surface area contributed by atoms with E-state index >= 15 is 0 Å². The number of carbonyl (C=O) groups excluding carboxylic acids is 1. The maximum Gasteiger partial charge on any atom is 0.139 e. The molecule has 0 radical (unpaired) electrons. The zero-order valence-electron chi connectivity index (χ0n) is 12.1. The second-order valence-electron chi connectivity index (χ2n) is 6.98. The summed E-state index contributed by atoms with van der Waals surface area (Å²) < 4.78 is 0. The Balaban J connectivity index is 2.32. The van der Waals surface area contributed by atoms with Crippen LogP contribution in [0.5, 0.6) is 0 Å². The summed E-state index contributed by atoms with van der Waals surface area (Å²) in [5, 5.41) is 10.3. The fraction of sp³-hybridized carbons (Fsp3) is 0.812. The van der Waals surface area contributed by atoms with Crippen molar-refractivity contribution < 1.29 is 9.90 Å². The standard InChI is InChI=1S/C16H26O2/c1-11(2)7-9-15(3)12-5-6-13(17)16(12,4)10-8-14(15)18/h7,12-13,17H,5-6,8-10H2,1-4H3/t12-,13+,15-,16+/m0/s1. The van der Waals surface area contributed by atoms with Crippen LogP contribution in [0.1, 0.15) is 59.8 Å². The molecule has 2 aliphatic carbocycles. The molecule has 18 heavy (non-hydrogen) atoms. The third-order valence-corrected chi connectivity index (χ3v) is 5.52. The number of aliphatic hydroxyl groups is 1. The summed E-state index contributed by atoms with van der Waals surface area (Å²) in [5.74, 6) is 0.744. The van der Waals surface area contributed by atoms with Crippen molar-refractivity contribution in [2.45, 2.75) is 65.9 Å². The van der Waals surface area contributed by atoms with Crippen molar-refractivity contribution in [2.24, 2.45) is 16.7 Å². The maximum atomic E-state index is 12.4. The molecule has 2 saturated carbocycles. The first-order valence-corrected chi connectivity index (χ1v) is 7.15. The van der Waals surface area contributed by atoms with Crippen molar-refractivity contribution in [3.8, 4) is 0 Å². The molecule has 0 aromatic heterocycles. The van der Waals surface area contributed by atoms with Crippen LogP contribution in [0.15, 0.2) is 11.6 Å². The van der Waals surface area contributed by atoms with Crippen LogP contribution in [0.3, 0.4) is 0 Å². The molecule has 0 amide bonds. The molecule has 2 aliphatic rings. The van der Waals surface area contributed by atoms with Gasteiger partial charge in [0.15, 0.2) is 0 Å². The van der Waals surface area contributed by atoms with E-state index in [2.05, 4.69) is 33.8 Å². The lowest BCUT2D eigenvalue weighted by Crippen LogP contribution is -2.49. The topological polar surface area (TPSA) is 37.3 Å². The Kier molecular flexibility index (Phi) is 3.44. The predicted octanol–water partition coefficient (Wildman–Crippen LogP) is 3.49. The van der Waals surface area contributed by atoms with Crippen LogP contribution in [-0.2, 0) is 4.79 Å². The molecule has 0 saturated heterocycles. The molecular formula is C16H26O2. The van der Waals surface area contributed by atoms with Gasteiger partial charge in [-0.15, -0.1) is 0 Å².